The SMILES string of the molecule is CC(Cn1cnnc1)NC(=O)C(O)c1cc(Cl)cc(Cl)c1. The maximum atomic E-state index is 12.0. The highest BCUT2D eigenvalue weighted by molar-refractivity contribution is 6.34. The number of hydrogen-bond donors (Lipinski definition) is 2. The summed E-state index contributed by atoms with van der Waals surface area (Å²) in [7, 11) is 0. The molecule has 6 nitrogen and oxygen atoms in total. The number of carbonyl (C=O) groups excluding carboxylic acids is 1. The van der Waals surface area contributed by atoms with Gasteiger partial charge in [-0.05, 0) is 30.7 Å². The number of carbonyl (C=O) groups is 1. The third-order valence-corrected chi connectivity index (χ3v) is 3.23. The lowest BCUT2D eigenvalue weighted by molar-refractivity contribution is -0.130. The van der Waals surface area contributed by atoms with Crippen LogP contribution in [-0.4, -0.2) is 31.8 Å². The maximum absolute atomic E-state index is 12.0. The molecule has 1 aromatic carbocycles. The molecule has 2 N–H and O–H groups in total. The fourth-order valence-corrected chi connectivity index (χ4v) is 2.43. The number of aromatic nitrogens is 3. The highest BCUT2D eigenvalue weighted by Crippen LogP contribution is 2.23. The normalized spacial score (nSPS) is 13.7. The van der Waals surface area contributed by atoms with Crippen molar-refractivity contribution in [1.29, 1.82) is 0 Å². The highest BCUT2D eigenvalue weighted by atomic mass is 35.5. The fourth-order valence-electron chi connectivity index (χ4n) is 1.88. The lowest BCUT2D eigenvalue weighted by atomic mass is 10.1. The number of amides is 1. The Morgan fingerprint density at radius 3 is 2.43 bits per heavy atom. The van der Waals surface area contributed by atoms with Gasteiger partial charge in [-0.3, -0.25) is 4.79 Å². The molecular formula is C13H14Cl2N4O2. The molecule has 1 heterocycles. The van der Waals surface area contributed by atoms with Gasteiger partial charge in [0.15, 0.2) is 6.10 Å². The standard InChI is InChI=1S/C13H14Cl2N4O2/c1-8(5-19-6-16-17-7-19)18-13(21)12(20)9-2-10(14)4-11(15)3-9/h2-4,6-8,12,20H,5H2,1H3,(H,18,21). The van der Waals surface area contributed by atoms with Gasteiger partial charge in [0.25, 0.3) is 5.91 Å². The quantitative estimate of drug-likeness (QED) is 0.877. The Kier molecular flexibility index (Phi) is 5.17. The predicted molar refractivity (Wildman–Crippen MR) is 79.0 cm³/mol. The summed E-state index contributed by atoms with van der Waals surface area (Å²) in [6.45, 7) is 2.32. The van der Waals surface area contributed by atoms with Crippen LogP contribution in [0.2, 0.25) is 10.0 Å². The van der Waals surface area contributed by atoms with Crippen LogP contribution in [0.5, 0.6) is 0 Å². The molecule has 8 heteroatoms. The predicted octanol–water partition coefficient (Wildman–Crippen LogP) is 1.82. The van der Waals surface area contributed by atoms with Crippen molar-refractivity contribution in [3.05, 3.63) is 46.5 Å². The smallest absolute Gasteiger partial charge is 0.253 e. The number of halogens is 2. The van der Waals surface area contributed by atoms with E-state index in [4.69, 9.17) is 23.2 Å². The minimum Gasteiger partial charge on any atom is -0.378 e. The molecule has 0 radical (unpaired) electrons. The second-order valence-corrected chi connectivity index (χ2v) is 5.55. The van der Waals surface area contributed by atoms with Crippen molar-refractivity contribution in [1.82, 2.24) is 20.1 Å². The van der Waals surface area contributed by atoms with E-state index >= 15 is 0 Å². The van der Waals surface area contributed by atoms with Gasteiger partial charge in [-0.15, -0.1) is 10.2 Å². The largest absolute Gasteiger partial charge is 0.378 e. The van der Waals surface area contributed by atoms with Crippen LogP contribution in [0.25, 0.3) is 0 Å². The van der Waals surface area contributed by atoms with Gasteiger partial charge in [-0.2, -0.15) is 0 Å². The topological polar surface area (TPSA) is 80.0 Å². The minimum absolute atomic E-state index is 0.196. The number of aliphatic hydroxyl groups is 1. The zero-order valence-electron chi connectivity index (χ0n) is 11.2. The molecule has 112 valence electrons. The molecule has 1 amide bonds. The van der Waals surface area contributed by atoms with Gasteiger partial charge in [0, 0.05) is 22.6 Å². The second kappa shape index (κ2) is 6.89. The summed E-state index contributed by atoms with van der Waals surface area (Å²) < 4.78 is 1.73. The van der Waals surface area contributed by atoms with Crippen molar-refractivity contribution in [3.63, 3.8) is 0 Å². The number of nitrogens with zero attached hydrogens (tertiary/aromatic N) is 3. The van der Waals surface area contributed by atoms with Crippen LogP contribution in [0, 0.1) is 0 Å². The van der Waals surface area contributed by atoms with Crippen LogP contribution in [-0.2, 0) is 11.3 Å². The summed E-state index contributed by atoms with van der Waals surface area (Å²) >= 11 is 11.7. The van der Waals surface area contributed by atoms with Crippen LogP contribution in [0.3, 0.4) is 0 Å². The number of rotatable bonds is 5. The van der Waals surface area contributed by atoms with Crippen molar-refractivity contribution in [2.45, 2.75) is 25.6 Å². The first-order valence-corrected chi connectivity index (χ1v) is 6.98. The van der Waals surface area contributed by atoms with Crippen LogP contribution in [0.4, 0.5) is 0 Å². The van der Waals surface area contributed by atoms with E-state index in [-0.39, 0.29) is 6.04 Å². The molecule has 2 unspecified atom stereocenters. The number of aliphatic hydroxyl groups excluding tert-OH is 1. The Morgan fingerprint density at radius 1 is 1.29 bits per heavy atom. The van der Waals surface area contributed by atoms with E-state index in [0.717, 1.165) is 0 Å². The van der Waals surface area contributed by atoms with Gasteiger partial charge < -0.3 is 15.0 Å². The Hall–Kier alpha value is -1.63. The molecule has 0 aliphatic rings. The number of benzene rings is 1. The summed E-state index contributed by atoms with van der Waals surface area (Å²) in [5.41, 5.74) is 0.349. The molecular weight excluding hydrogens is 315 g/mol. The Labute approximate surface area is 131 Å². The van der Waals surface area contributed by atoms with Crippen molar-refractivity contribution < 1.29 is 9.90 Å². The van der Waals surface area contributed by atoms with Gasteiger partial charge in [0.05, 0.1) is 0 Å². The van der Waals surface area contributed by atoms with Crippen molar-refractivity contribution >= 4 is 29.1 Å². The third kappa shape index (κ3) is 4.42. The lowest BCUT2D eigenvalue weighted by Gasteiger charge is -2.17. The Morgan fingerprint density at radius 2 is 1.86 bits per heavy atom. The average Bonchev–Trinajstić information content (AvgIpc) is 2.89. The summed E-state index contributed by atoms with van der Waals surface area (Å²) in [5.74, 6) is -0.520. The summed E-state index contributed by atoms with van der Waals surface area (Å²) in [5, 5.41) is 20.8. The van der Waals surface area contributed by atoms with Crippen LogP contribution >= 0.6 is 23.2 Å². The van der Waals surface area contributed by atoms with Gasteiger partial charge in [0.2, 0.25) is 0 Å². The molecule has 0 saturated carbocycles. The third-order valence-electron chi connectivity index (χ3n) is 2.79. The summed E-state index contributed by atoms with van der Waals surface area (Å²) in [6.07, 6.45) is 1.77. The molecule has 0 aliphatic heterocycles. The molecule has 2 rings (SSSR count). The van der Waals surface area contributed by atoms with Crippen molar-refractivity contribution in [3.8, 4) is 0 Å². The number of hydrogen-bond acceptors (Lipinski definition) is 4. The Bertz CT molecular complexity index is 598. The fraction of sp³-hybridized carbons (Fsp3) is 0.308. The molecule has 21 heavy (non-hydrogen) atoms. The van der Waals surface area contributed by atoms with E-state index in [2.05, 4.69) is 15.5 Å². The first-order chi connectivity index (χ1) is 9.95. The monoisotopic (exact) mass is 328 g/mol. The molecule has 0 saturated heterocycles. The van der Waals surface area contributed by atoms with Crippen LogP contribution < -0.4 is 5.32 Å². The zero-order valence-corrected chi connectivity index (χ0v) is 12.7. The van der Waals surface area contributed by atoms with Gasteiger partial charge in [-0.25, -0.2) is 0 Å². The van der Waals surface area contributed by atoms with Gasteiger partial charge in [0.1, 0.15) is 12.7 Å². The Balaban J connectivity index is 1.98. The van der Waals surface area contributed by atoms with E-state index in [9.17, 15) is 9.90 Å². The second-order valence-electron chi connectivity index (χ2n) is 4.67. The zero-order chi connectivity index (χ0) is 15.4. The van der Waals surface area contributed by atoms with Gasteiger partial charge >= 0.3 is 0 Å². The molecule has 2 atom stereocenters. The van der Waals surface area contributed by atoms with Crippen molar-refractivity contribution in [2.24, 2.45) is 0 Å². The van der Waals surface area contributed by atoms with Crippen LogP contribution in [0.1, 0.15) is 18.6 Å². The van der Waals surface area contributed by atoms with E-state index in [1.807, 2.05) is 6.92 Å². The first kappa shape index (κ1) is 15.8. The van der Waals surface area contributed by atoms with E-state index in [1.54, 1.807) is 17.2 Å². The molecule has 2 aromatic rings. The molecule has 0 spiro atoms. The van der Waals surface area contributed by atoms with E-state index in [1.165, 1.54) is 18.2 Å². The molecule has 1 aromatic heterocycles. The minimum atomic E-state index is -1.33. The maximum Gasteiger partial charge on any atom is 0.253 e. The molecule has 0 bridgehead atoms. The molecule has 0 aliphatic carbocycles. The number of nitrogens with one attached hydrogen (secondary N) is 1. The summed E-state index contributed by atoms with van der Waals surface area (Å²) in [6, 6.07) is 4.34. The average molecular weight is 329 g/mol. The first-order valence-electron chi connectivity index (χ1n) is 6.22. The van der Waals surface area contributed by atoms with E-state index in [0.29, 0.717) is 22.2 Å². The van der Waals surface area contributed by atoms with Crippen LogP contribution in [0.15, 0.2) is 30.9 Å². The van der Waals surface area contributed by atoms with Crippen molar-refractivity contribution in [2.75, 3.05) is 0 Å². The van der Waals surface area contributed by atoms with E-state index < -0.39 is 12.0 Å². The highest BCUT2D eigenvalue weighted by Gasteiger charge is 2.20. The molecule has 0 fully saturated rings. The van der Waals surface area contributed by atoms with Gasteiger partial charge in [-0.1, -0.05) is 23.2 Å². The summed E-state index contributed by atoms with van der Waals surface area (Å²) in [4.78, 5) is 12.0. The lowest BCUT2D eigenvalue weighted by Crippen LogP contribution is -2.38.